The largest absolute Gasteiger partial charge is 0.388 e. The molecule has 0 aromatic carbocycles. The molecule has 3 heterocycles. The molecule has 1 N–H and O–H groups in total. The molecule has 0 aliphatic carbocycles. The Bertz CT molecular complexity index is 643. The normalized spacial score (nSPS) is 14.2. The molecule has 6 nitrogen and oxygen atoms in total. The molecule has 0 fully saturated rings. The highest BCUT2D eigenvalue weighted by molar-refractivity contribution is 5.42. The van der Waals surface area contributed by atoms with Crippen LogP contribution in [0.2, 0.25) is 0 Å². The van der Waals surface area contributed by atoms with Crippen molar-refractivity contribution >= 4 is 5.69 Å². The second-order valence-corrected chi connectivity index (χ2v) is 4.75. The van der Waals surface area contributed by atoms with Crippen LogP contribution in [0.4, 0.5) is 5.69 Å². The number of anilines is 1. The van der Waals surface area contributed by atoms with Crippen LogP contribution in [0.1, 0.15) is 24.4 Å². The minimum absolute atomic E-state index is 0.0219. The van der Waals surface area contributed by atoms with Crippen LogP contribution in [-0.2, 0) is 19.5 Å². The zero-order chi connectivity index (χ0) is 13.2. The van der Waals surface area contributed by atoms with Crippen LogP contribution >= 0.6 is 0 Å². The fourth-order valence-electron chi connectivity index (χ4n) is 2.43. The van der Waals surface area contributed by atoms with Gasteiger partial charge in [0.2, 0.25) is 0 Å². The van der Waals surface area contributed by atoms with Crippen molar-refractivity contribution in [1.82, 2.24) is 19.3 Å². The average molecular weight is 259 g/mol. The zero-order valence-corrected chi connectivity index (χ0v) is 11.0. The van der Waals surface area contributed by atoms with Crippen molar-refractivity contribution in [2.45, 2.75) is 32.4 Å². The summed E-state index contributed by atoms with van der Waals surface area (Å²) in [5.41, 5.74) is 1.80. The van der Waals surface area contributed by atoms with E-state index < -0.39 is 0 Å². The maximum Gasteiger partial charge on any atom is 0.346 e. The Hall–Kier alpha value is -2.11. The molecule has 100 valence electrons. The lowest BCUT2D eigenvalue weighted by molar-refractivity contribution is 0.511. The molecule has 19 heavy (non-hydrogen) atoms. The fraction of sp³-hybridized carbons (Fsp3) is 0.462. The second kappa shape index (κ2) is 4.87. The molecule has 0 atom stereocenters. The molecule has 3 rings (SSSR count). The first-order chi connectivity index (χ1) is 9.28. The molecular weight excluding hydrogens is 242 g/mol. The van der Waals surface area contributed by atoms with Gasteiger partial charge in [-0.05, 0) is 25.0 Å². The Labute approximate surface area is 111 Å². The predicted octanol–water partition coefficient (Wildman–Crippen LogP) is 0.866. The first-order valence-electron chi connectivity index (χ1n) is 6.57. The standard InChI is InChI=1S/C13H17N5O/c1-14-10-5-6-15-11(8-10)9-18-13(19)17-7-3-2-4-12(17)16-18/h5-6,8H,2-4,7,9H2,1H3,(H,14,15). The van der Waals surface area contributed by atoms with Crippen LogP contribution in [0.15, 0.2) is 23.1 Å². The first kappa shape index (κ1) is 12.0. The van der Waals surface area contributed by atoms with Gasteiger partial charge in [-0.3, -0.25) is 9.55 Å². The summed E-state index contributed by atoms with van der Waals surface area (Å²) in [4.78, 5) is 16.5. The van der Waals surface area contributed by atoms with Gasteiger partial charge < -0.3 is 5.32 Å². The van der Waals surface area contributed by atoms with E-state index in [1.54, 1.807) is 10.8 Å². The van der Waals surface area contributed by atoms with E-state index in [1.807, 2.05) is 19.2 Å². The maximum absolute atomic E-state index is 12.2. The van der Waals surface area contributed by atoms with Gasteiger partial charge in [0.25, 0.3) is 0 Å². The Morgan fingerprint density at radius 1 is 1.42 bits per heavy atom. The van der Waals surface area contributed by atoms with Gasteiger partial charge in [0.05, 0.1) is 12.2 Å². The molecule has 0 saturated heterocycles. The Balaban J connectivity index is 1.91. The summed E-state index contributed by atoms with van der Waals surface area (Å²) in [6, 6.07) is 3.83. The van der Waals surface area contributed by atoms with Gasteiger partial charge in [-0.15, -0.1) is 0 Å². The third kappa shape index (κ3) is 2.25. The lowest BCUT2D eigenvalue weighted by Gasteiger charge is -2.09. The average Bonchev–Trinajstić information content (AvgIpc) is 2.76. The van der Waals surface area contributed by atoms with E-state index in [-0.39, 0.29) is 5.69 Å². The van der Waals surface area contributed by atoms with Crippen LogP contribution in [0.3, 0.4) is 0 Å². The Kier molecular flexibility index (Phi) is 3.06. The third-order valence-corrected chi connectivity index (χ3v) is 3.45. The van der Waals surface area contributed by atoms with Crippen LogP contribution in [0.25, 0.3) is 0 Å². The molecule has 0 radical (unpaired) electrons. The van der Waals surface area contributed by atoms with Crippen molar-refractivity contribution in [3.63, 3.8) is 0 Å². The monoisotopic (exact) mass is 259 g/mol. The van der Waals surface area contributed by atoms with Gasteiger partial charge >= 0.3 is 5.69 Å². The van der Waals surface area contributed by atoms with Crippen molar-refractivity contribution in [1.29, 1.82) is 0 Å². The Morgan fingerprint density at radius 2 is 2.32 bits per heavy atom. The second-order valence-electron chi connectivity index (χ2n) is 4.75. The number of nitrogens with one attached hydrogen (secondary N) is 1. The number of fused-ring (bicyclic) bond motifs is 1. The van der Waals surface area contributed by atoms with Gasteiger partial charge in [0.1, 0.15) is 5.82 Å². The molecule has 0 spiro atoms. The van der Waals surface area contributed by atoms with Gasteiger partial charge in [0.15, 0.2) is 0 Å². The molecule has 0 saturated carbocycles. The number of hydrogen-bond acceptors (Lipinski definition) is 4. The minimum atomic E-state index is -0.0219. The third-order valence-electron chi connectivity index (χ3n) is 3.45. The number of pyridine rings is 1. The number of nitrogens with zero attached hydrogens (tertiary/aromatic N) is 4. The van der Waals surface area contributed by atoms with Gasteiger partial charge in [-0.1, -0.05) is 0 Å². The van der Waals surface area contributed by atoms with Crippen molar-refractivity contribution in [2.75, 3.05) is 12.4 Å². The summed E-state index contributed by atoms with van der Waals surface area (Å²) < 4.78 is 3.30. The minimum Gasteiger partial charge on any atom is -0.388 e. The van der Waals surface area contributed by atoms with Crippen molar-refractivity contribution in [3.05, 3.63) is 40.3 Å². The van der Waals surface area contributed by atoms with E-state index in [1.165, 1.54) is 4.68 Å². The van der Waals surface area contributed by atoms with Gasteiger partial charge in [-0.2, -0.15) is 5.10 Å². The number of hydrogen-bond donors (Lipinski definition) is 1. The van der Waals surface area contributed by atoms with Crippen LogP contribution in [-0.4, -0.2) is 26.4 Å². The number of aryl methyl sites for hydroxylation is 1. The predicted molar refractivity (Wildman–Crippen MR) is 72.3 cm³/mol. The van der Waals surface area contributed by atoms with E-state index in [2.05, 4.69) is 15.4 Å². The van der Waals surface area contributed by atoms with Crippen molar-refractivity contribution < 1.29 is 0 Å². The number of aromatic nitrogens is 4. The summed E-state index contributed by atoms with van der Waals surface area (Å²) in [7, 11) is 1.86. The van der Waals surface area contributed by atoms with E-state index >= 15 is 0 Å². The molecule has 1 aliphatic rings. The molecular formula is C13H17N5O. The number of rotatable bonds is 3. The van der Waals surface area contributed by atoms with E-state index in [0.717, 1.165) is 43.0 Å². The summed E-state index contributed by atoms with van der Waals surface area (Å²) in [6.45, 7) is 1.21. The molecule has 0 unspecified atom stereocenters. The summed E-state index contributed by atoms with van der Waals surface area (Å²) >= 11 is 0. The first-order valence-corrected chi connectivity index (χ1v) is 6.57. The molecule has 1 aliphatic heterocycles. The lowest BCUT2D eigenvalue weighted by atomic mass is 10.2. The fourth-order valence-corrected chi connectivity index (χ4v) is 2.43. The van der Waals surface area contributed by atoms with Crippen LogP contribution < -0.4 is 11.0 Å². The van der Waals surface area contributed by atoms with E-state index in [9.17, 15) is 4.79 Å². The summed E-state index contributed by atoms with van der Waals surface area (Å²) in [5, 5.41) is 7.47. The van der Waals surface area contributed by atoms with E-state index in [4.69, 9.17) is 0 Å². The van der Waals surface area contributed by atoms with Crippen molar-refractivity contribution in [3.8, 4) is 0 Å². The highest BCUT2D eigenvalue weighted by Crippen LogP contribution is 2.11. The molecule has 2 aromatic rings. The molecule has 2 aromatic heterocycles. The molecule has 6 heteroatoms. The topological polar surface area (TPSA) is 64.7 Å². The molecule has 0 amide bonds. The van der Waals surface area contributed by atoms with Crippen molar-refractivity contribution in [2.24, 2.45) is 0 Å². The smallest absolute Gasteiger partial charge is 0.346 e. The highest BCUT2D eigenvalue weighted by Gasteiger charge is 2.16. The van der Waals surface area contributed by atoms with E-state index in [0.29, 0.717) is 6.54 Å². The zero-order valence-electron chi connectivity index (χ0n) is 11.0. The van der Waals surface area contributed by atoms with Gasteiger partial charge in [-0.25, -0.2) is 9.48 Å². The summed E-state index contributed by atoms with van der Waals surface area (Å²) in [6.07, 6.45) is 4.81. The molecule has 0 bridgehead atoms. The van der Waals surface area contributed by atoms with Crippen LogP contribution in [0, 0.1) is 0 Å². The maximum atomic E-state index is 12.2. The summed E-state index contributed by atoms with van der Waals surface area (Å²) in [5.74, 6) is 0.904. The highest BCUT2D eigenvalue weighted by atomic mass is 16.2. The SMILES string of the molecule is CNc1ccnc(Cn2nc3n(c2=O)CCCC3)c1. The van der Waals surface area contributed by atoms with Crippen LogP contribution in [0.5, 0.6) is 0 Å². The quantitative estimate of drug-likeness (QED) is 0.888. The lowest BCUT2D eigenvalue weighted by Crippen LogP contribution is -2.27. The van der Waals surface area contributed by atoms with Gasteiger partial charge in [0, 0.05) is 31.9 Å². The Morgan fingerprint density at radius 3 is 3.11 bits per heavy atom.